The van der Waals surface area contributed by atoms with Gasteiger partial charge in [-0.2, -0.15) is 0 Å². The molecule has 2 nitrogen and oxygen atoms in total. The Morgan fingerprint density at radius 1 is 1.53 bits per heavy atom. The maximum Gasteiger partial charge on any atom is 0.251 e. The number of carbonyl (C=O) groups excluding carboxylic acids is 1. The van der Waals surface area contributed by atoms with Gasteiger partial charge in [0.1, 0.15) is 0 Å². The van der Waals surface area contributed by atoms with Crippen LogP contribution in [-0.4, -0.2) is 17.8 Å². The Balaban J connectivity index is 2.20. The monoisotopic (exact) mass is 285 g/mol. The minimum absolute atomic E-state index is 0.00538. The van der Waals surface area contributed by atoms with Crippen LogP contribution < -0.4 is 5.32 Å². The van der Waals surface area contributed by atoms with Crippen molar-refractivity contribution in [1.82, 2.24) is 5.32 Å². The van der Waals surface area contributed by atoms with E-state index in [2.05, 4.69) is 21.2 Å². The van der Waals surface area contributed by atoms with E-state index in [0.717, 1.165) is 22.0 Å². The molecule has 3 rings (SSSR count). The van der Waals surface area contributed by atoms with E-state index in [-0.39, 0.29) is 16.7 Å². The highest BCUT2D eigenvalue weighted by Gasteiger charge is 2.57. The average Bonchev–Trinajstić information content (AvgIpc) is 2.85. The van der Waals surface area contributed by atoms with Crippen molar-refractivity contribution in [1.29, 1.82) is 0 Å². The summed E-state index contributed by atoms with van der Waals surface area (Å²) in [5.41, 5.74) is 1.86. The molecule has 0 bridgehead atoms. The zero-order valence-electron chi connectivity index (χ0n) is 7.89. The van der Waals surface area contributed by atoms with Crippen molar-refractivity contribution < 1.29 is 4.79 Å². The number of alkyl halides is 1. The molecule has 0 saturated heterocycles. The van der Waals surface area contributed by atoms with Gasteiger partial charge in [-0.15, -0.1) is 11.6 Å². The Labute approximate surface area is 101 Å². The number of halogens is 2. The Morgan fingerprint density at radius 2 is 2.27 bits per heavy atom. The van der Waals surface area contributed by atoms with Gasteiger partial charge in [-0.25, -0.2) is 0 Å². The van der Waals surface area contributed by atoms with Crippen LogP contribution >= 0.6 is 27.5 Å². The Kier molecular flexibility index (Phi) is 1.92. The number of nitrogens with one attached hydrogen (secondary N) is 1. The van der Waals surface area contributed by atoms with Gasteiger partial charge in [-0.3, -0.25) is 4.79 Å². The Hall–Kier alpha value is -0.540. The molecule has 1 aliphatic carbocycles. The Morgan fingerprint density at radius 3 is 2.93 bits per heavy atom. The van der Waals surface area contributed by atoms with E-state index in [1.807, 2.05) is 18.2 Å². The first kappa shape index (κ1) is 9.67. The summed E-state index contributed by atoms with van der Waals surface area (Å²) >= 11 is 9.62. The second-order valence-electron chi connectivity index (χ2n) is 4.20. The van der Waals surface area contributed by atoms with Crippen LogP contribution in [0.3, 0.4) is 0 Å². The van der Waals surface area contributed by atoms with Crippen LogP contribution in [0, 0.1) is 0 Å². The van der Waals surface area contributed by atoms with Gasteiger partial charge in [-0.1, -0.05) is 15.9 Å². The van der Waals surface area contributed by atoms with Crippen LogP contribution in [0.15, 0.2) is 22.7 Å². The van der Waals surface area contributed by atoms with Crippen LogP contribution in [0.1, 0.15) is 22.3 Å². The summed E-state index contributed by atoms with van der Waals surface area (Å²) < 4.78 is 1.01. The maximum atomic E-state index is 11.6. The zero-order chi connectivity index (χ0) is 10.6. The highest BCUT2D eigenvalue weighted by molar-refractivity contribution is 9.10. The van der Waals surface area contributed by atoms with Crippen molar-refractivity contribution in [3.63, 3.8) is 0 Å². The molecule has 1 saturated carbocycles. The van der Waals surface area contributed by atoms with Crippen molar-refractivity contribution in [2.24, 2.45) is 0 Å². The third-order valence-electron chi connectivity index (χ3n) is 3.31. The fourth-order valence-corrected chi connectivity index (χ4v) is 3.11. The summed E-state index contributed by atoms with van der Waals surface area (Å²) in [6.07, 6.45) is 0.957. The molecule has 4 heteroatoms. The molecule has 1 fully saturated rings. The van der Waals surface area contributed by atoms with Gasteiger partial charge in [0, 0.05) is 27.4 Å². The number of benzene rings is 1. The topological polar surface area (TPSA) is 29.1 Å². The lowest BCUT2D eigenvalue weighted by molar-refractivity contribution is 0.0937. The molecule has 2 atom stereocenters. The predicted molar refractivity (Wildman–Crippen MR) is 62.4 cm³/mol. The molecule has 15 heavy (non-hydrogen) atoms. The van der Waals surface area contributed by atoms with E-state index in [1.54, 1.807) is 0 Å². The molecule has 1 spiro atoms. The van der Waals surface area contributed by atoms with E-state index < -0.39 is 0 Å². The molecule has 2 aliphatic rings. The molecule has 1 aromatic rings. The SMILES string of the molecule is O=C1NCC2(CC2Cl)c2cc(Br)ccc21. The first-order valence-corrected chi connectivity index (χ1v) is 6.09. The smallest absolute Gasteiger partial charge is 0.251 e. The second kappa shape index (κ2) is 2.98. The van der Waals surface area contributed by atoms with Gasteiger partial charge < -0.3 is 5.32 Å². The number of hydrogen-bond donors (Lipinski definition) is 1. The van der Waals surface area contributed by atoms with Crippen LogP contribution in [0.25, 0.3) is 0 Å². The molecule has 1 N–H and O–H groups in total. The molecule has 2 unspecified atom stereocenters. The third-order valence-corrected chi connectivity index (χ3v) is 4.38. The third kappa shape index (κ3) is 1.26. The molecule has 78 valence electrons. The quantitative estimate of drug-likeness (QED) is 0.729. The first-order valence-electron chi connectivity index (χ1n) is 4.86. The van der Waals surface area contributed by atoms with Crippen LogP contribution in [-0.2, 0) is 5.41 Å². The first-order chi connectivity index (χ1) is 7.13. The molecule has 0 aromatic heterocycles. The van der Waals surface area contributed by atoms with Crippen molar-refractivity contribution in [2.45, 2.75) is 17.2 Å². The average molecular weight is 287 g/mol. The number of fused-ring (bicyclic) bond motifs is 2. The second-order valence-corrected chi connectivity index (χ2v) is 5.64. The zero-order valence-corrected chi connectivity index (χ0v) is 10.2. The molecule has 1 aromatic carbocycles. The van der Waals surface area contributed by atoms with E-state index in [1.165, 1.54) is 0 Å². The fraction of sp³-hybridized carbons (Fsp3) is 0.364. The molecule has 1 heterocycles. The fourth-order valence-electron chi connectivity index (χ4n) is 2.28. The molecule has 1 amide bonds. The lowest BCUT2D eigenvalue weighted by Gasteiger charge is -2.26. The molecular formula is C11H9BrClNO. The van der Waals surface area contributed by atoms with E-state index in [4.69, 9.17) is 11.6 Å². The Bertz CT molecular complexity index is 462. The minimum Gasteiger partial charge on any atom is -0.351 e. The standard InChI is InChI=1S/C11H9BrClNO/c12-6-1-2-7-8(3-6)11(4-9(11)13)5-14-10(7)15/h1-3,9H,4-5H2,(H,14,15). The van der Waals surface area contributed by atoms with Crippen LogP contribution in [0.5, 0.6) is 0 Å². The summed E-state index contributed by atoms with van der Waals surface area (Å²) in [6, 6.07) is 5.77. The van der Waals surface area contributed by atoms with Gasteiger partial charge in [0.2, 0.25) is 0 Å². The number of hydrogen-bond acceptors (Lipinski definition) is 1. The number of amides is 1. The molecule has 0 radical (unpaired) electrons. The normalized spacial score (nSPS) is 32.4. The van der Waals surface area contributed by atoms with Crippen molar-refractivity contribution >= 4 is 33.4 Å². The lowest BCUT2D eigenvalue weighted by atomic mass is 9.88. The molecule has 1 aliphatic heterocycles. The summed E-state index contributed by atoms with van der Waals surface area (Å²) in [6.45, 7) is 0.670. The molecular weight excluding hydrogens is 277 g/mol. The van der Waals surface area contributed by atoms with E-state index in [0.29, 0.717) is 6.54 Å². The summed E-state index contributed by atoms with van der Waals surface area (Å²) in [7, 11) is 0. The number of rotatable bonds is 0. The highest BCUT2D eigenvalue weighted by atomic mass is 79.9. The van der Waals surface area contributed by atoms with Crippen molar-refractivity contribution in [2.75, 3.05) is 6.54 Å². The van der Waals surface area contributed by atoms with E-state index >= 15 is 0 Å². The van der Waals surface area contributed by atoms with Gasteiger partial charge >= 0.3 is 0 Å². The highest BCUT2D eigenvalue weighted by Crippen LogP contribution is 2.54. The van der Waals surface area contributed by atoms with Gasteiger partial charge in [0.15, 0.2) is 0 Å². The largest absolute Gasteiger partial charge is 0.351 e. The summed E-state index contributed by atoms with van der Waals surface area (Å²) in [5.74, 6) is 0.0129. The number of carbonyl (C=O) groups is 1. The van der Waals surface area contributed by atoms with Gasteiger partial charge in [0.05, 0.1) is 0 Å². The van der Waals surface area contributed by atoms with Crippen molar-refractivity contribution in [3.8, 4) is 0 Å². The van der Waals surface area contributed by atoms with Crippen LogP contribution in [0.4, 0.5) is 0 Å². The van der Waals surface area contributed by atoms with Gasteiger partial charge in [-0.05, 0) is 30.2 Å². The predicted octanol–water partition coefficient (Wildman–Crippen LogP) is 2.44. The van der Waals surface area contributed by atoms with Crippen molar-refractivity contribution in [3.05, 3.63) is 33.8 Å². The minimum atomic E-state index is -0.00538. The summed E-state index contributed by atoms with van der Waals surface area (Å²) in [5, 5.41) is 3.06. The van der Waals surface area contributed by atoms with Gasteiger partial charge in [0.25, 0.3) is 5.91 Å². The van der Waals surface area contributed by atoms with E-state index in [9.17, 15) is 4.79 Å². The lowest BCUT2D eigenvalue weighted by Crippen LogP contribution is -2.40. The maximum absolute atomic E-state index is 11.6. The van der Waals surface area contributed by atoms with Crippen LogP contribution in [0.2, 0.25) is 0 Å². The summed E-state index contributed by atoms with van der Waals surface area (Å²) in [4.78, 5) is 11.6.